The third-order valence-electron chi connectivity index (χ3n) is 7.13. The van der Waals surface area contributed by atoms with E-state index >= 15 is 0 Å². The quantitative estimate of drug-likeness (QED) is 0.570. The van der Waals surface area contributed by atoms with Gasteiger partial charge in [-0.25, -0.2) is 0 Å². The molecule has 1 unspecified atom stereocenters. The van der Waals surface area contributed by atoms with Crippen molar-refractivity contribution in [3.05, 3.63) is 94.3 Å². The van der Waals surface area contributed by atoms with E-state index in [2.05, 4.69) is 21.7 Å². The topological polar surface area (TPSA) is 91.4 Å². The van der Waals surface area contributed by atoms with Gasteiger partial charge in [0.25, 0.3) is 11.8 Å². The van der Waals surface area contributed by atoms with Crippen molar-refractivity contribution < 1.29 is 14.4 Å². The van der Waals surface area contributed by atoms with Gasteiger partial charge in [-0.3, -0.25) is 19.4 Å². The number of likely N-dealkylation sites (tertiary alicyclic amines) is 1. The lowest BCUT2D eigenvalue weighted by Crippen LogP contribution is -2.40. The summed E-state index contributed by atoms with van der Waals surface area (Å²) in [6.07, 6.45) is 4.90. The summed E-state index contributed by atoms with van der Waals surface area (Å²) in [6, 6.07) is 15.1. The van der Waals surface area contributed by atoms with Crippen LogP contribution < -0.4 is 10.6 Å². The summed E-state index contributed by atoms with van der Waals surface area (Å²) in [4.78, 5) is 44.8. The summed E-state index contributed by atoms with van der Waals surface area (Å²) in [5.74, 6) is -0.373. The lowest BCUT2D eigenvalue weighted by molar-refractivity contribution is -0.118. The summed E-state index contributed by atoms with van der Waals surface area (Å²) in [5, 5.41) is 5.91. The van der Waals surface area contributed by atoms with E-state index in [0.717, 1.165) is 46.3 Å². The number of nitrogens with one attached hydrogen (secondary N) is 2. The van der Waals surface area contributed by atoms with Gasteiger partial charge in [0.05, 0.1) is 5.92 Å². The molecule has 2 aliphatic heterocycles. The maximum atomic E-state index is 13.1. The van der Waals surface area contributed by atoms with Gasteiger partial charge in [-0.2, -0.15) is 0 Å². The molecular weight excluding hydrogens is 452 g/mol. The number of fused-ring (bicyclic) bond motifs is 1. The normalized spacial score (nSPS) is 17.4. The van der Waals surface area contributed by atoms with Gasteiger partial charge in [-0.15, -0.1) is 0 Å². The highest BCUT2D eigenvalue weighted by atomic mass is 16.2. The van der Waals surface area contributed by atoms with Gasteiger partial charge in [0, 0.05) is 48.8 Å². The number of rotatable bonds is 5. The second-order valence-electron chi connectivity index (χ2n) is 9.82. The van der Waals surface area contributed by atoms with Gasteiger partial charge in [0.2, 0.25) is 5.91 Å². The molecule has 0 saturated carbocycles. The number of piperidine rings is 1. The first kappa shape index (κ1) is 23.7. The fraction of sp³-hybridized carbons (Fsp3) is 0.310. The molecule has 36 heavy (non-hydrogen) atoms. The Hall–Kier alpha value is -4.00. The van der Waals surface area contributed by atoms with Crippen LogP contribution in [0.5, 0.6) is 0 Å². The average Bonchev–Trinajstić information content (AvgIpc) is 3.21. The molecule has 0 spiro atoms. The van der Waals surface area contributed by atoms with Crippen LogP contribution in [0, 0.1) is 19.8 Å². The van der Waals surface area contributed by atoms with Crippen LogP contribution in [0.3, 0.4) is 0 Å². The molecule has 3 aromatic rings. The van der Waals surface area contributed by atoms with E-state index in [1.165, 1.54) is 0 Å². The molecule has 1 atom stereocenters. The second kappa shape index (κ2) is 9.93. The van der Waals surface area contributed by atoms with E-state index in [1.54, 1.807) is 18.5 Å². The maximum absolute atomic E-state index is 13.1. The van der Waals surface area contributed by atoms with E-state index in [9.17, 15) is 14.4 Å². The fourth-order valence-corrected chi connectivity index (χ4v) is 5.40. The molecule has 2 aliphatic rings. The molecule has 3 amide bonds. The predicted octanol–water partition coefficient (Wildman–Crippen LogP) is 4.22. The van der Waals surface area contributed by atoms with Crippen LogP contribution in [-0.4, -0.2) is 40.7 Å². The zero-order chi connectivity index (χ0) is 25.2. The lowest BCUT2D eigenvalue weighted by atomic mass is 9.80. The summed E-state index contributed by atoms with van der Waals surface area (Å²) in [5.41, 5.74) is 5.96. The van der Waals surface area contributed by atoms with Crippen LogP contribution in [0.25, 0.3) is 0 Å². The highest BCUT2D eigenvalue weighted by Crippen LogP contribution is 2.42. The number of anilines is 1. The Morgan fingerprint density at radius 3 is 2.47 bits per heavy atom. The van der Waals surface area contributed by atoms with Crippen LogP contribution in [0.15, 0.2) is 60.9 Å². The number of carbonyl (C=O) groups is 3. The first-order valence-electron chi connectivity index (χ1n) is 12.4. The van der Waals surface area contributed by atoms with Crippen LogP contribution in [0.1, 0.15) is 61.7 Å². The summed E-state index contributed by atoms with van der Waals surface area (Å²) >= 11 is 0. The Morgan fingerprint density at radius 2 is 1.78 bits per heavy atom. The molecule has 184 valence electrons. The Labute approximate surface area is 210 Å². The third kappa shape index (κ3) is 4.87. The maximum Gasteiger partial charge on any atom is 0.253 e. The molecule has 2 aromatic carbocycles. The number of hydrogen-bond acceptors (Lipinski definition) is 4. The molecular formula is C29H30N4O3. The van der Waals surface area contributed by atoms with E-state index in [4.69, 9.17) is 0 Å². The Kier molecular flexibility index (Phi) is 6.55. The average molecular weight is 483 g/mol. The molecule has 0 radical (unpaired) electrons. The molecule has 7 nitrogen and oxygen atoms in total. The van der Waals surface area contributed by atoms with Gasteiger partial charge in [-0.1, -0.05) is 23.3 Å². The molecule has 7 heteroatoms. The molecule has 1 saturated heterocycles. The van der Waals surface area contributed by atoms with Crippen molar-refractivity contribution in [1.29, 1.82) is 0 Å². The summed E-state index contributed by atoms with van der Waals surface area (Å²) in [7, 11) is 0. The first-order valence-corrected chi connectivity index (χ1v) is 12.4. The first-order chi connectivity index (χ1) is 17.4. The number of nitrogens with zero attached hydrogens (tertiary/aromatic N) is 2. The smallest absolute Gasteiger partial charge is 0.253 e. The molecule has 0 bridgehead atoms. The van der Waals surface area contributed by atoms with Crippen LogP contribution >= 0.6 is 0 Å². The van der Waals surface area contributed by atoms with Crippen molar-refractivity contribution >= 4 is 23.4 Å². The minimum Gasteiger partial charge on any atom is -0.348 e. The van der Waals surface area contributed by atoms with Crippen molar-refractivity contribution in [2.24, 2.45) is 5.92 Å². The zero-order valence-corrected chi connectivity index (χ0v) is 20.6. The largest absolute Gasteiger partial charge is 0.348 e. The lowest BCUT2D eigenvalue weighted by Gasteiger charge is -2.34. The second-order valence-corrected chi connectivity index (χ2v) is 9.82. The molecule has 2 N–H and O–H groups in total. The van der Waals surface area contributed by atoms with Gasteiger partial charge < -0.3 is 15.5 Å². The monoisotopic (exact) mass is 482 g/mol. The molecule has 1 aromatic heterocycles. The Bertz CT molecular complexity index is 1290. The third-order valence-corrected chi connectivity index (χ3v) is 7.13. The Morgan fingerprint density at radius 1 is 1.03 bits per heavy atom. The van der Waals surface area contributed by atoms with E-state index < -0.39 is 0 Å². The van der Waals surface area contributed by atoms with Gasteiger partial charge in [0.15, 0.2) is 0 Å². The van der Waals surface area contributed by atoms with Crippen molar-refractivity contribution in [3.63, 3.8) is 0 Å². The van der Waals surface area contributed by atoms with Crippen LogP contribution in [-0.2, 0) is 11.3 Å². The van der Waals surface area contributed by atoms with Crippen molar-refractivity contribution in [2.45, 2.75) is 39.2 Å². The zero-order valence-electron chi connectivity index (χ0n) is 20.6. The fourth-order valence-electron chi connectivity index (χ4n) is 5.40. The van der Waals surface area contributed by atoms with Gasteiger partial charge in [0.1, 0.15) is 0 Å². The number of hydrogen-bond donors (Lipinski definition) is 2. The summed E-state index contributed by atoms with van der Waals surface area (Å²) in [6.45, 7) is 5.61. The number of benzene rings is 2. The summed E-state index contributed by atoms with van der Waals surface area (Å²) < 4.78 is 0. The number of carbonyl (C=O) groups excluding carboxylic acids is 3. The molecule has 1 fully saturated rings. The van der Waals surface area contributed by atoms with Gasteiger partial charge in [-0.05, 0) is 80.1 Å². The van der Waals surface area contributed by atoms with E-state index in [0.29, 0.717) is 25.2 Å². The van der Waals surface area contributed by atoms with E-state index in [-0.39, 0.29) is 29.6 Å². The van der Waals surface area contributed by atoms with Crippen molar-refractivity contribution in [3.8, 4) is 0 Å². The number of amides is 3. The highest BCUT2D eigenvalue weighted by Gasteiger charge is 2.39. The number of pyridine rings is 1. The van der Waals surface area contributed by atoms with Crippen LogP contribution in [0.2, 0.25) is 0 Å². The minimum absolute atomic E-state index is 0.0306. The number of aryl methyl sites for hydroxylation is 2. The van der Waals surface area contributed by atoms with Crippen molar-refractivity contribution in [2.75, 3.05) is 18.4 Å². The highest BCUT2D eigenvalue weighted by molar-refractivity contribution is 6.05. The molecule has 3 heterocycles. The molecule has 0 aliphatic carbocycles. The van der Waals surface area contributed by atoms with Crippen molar-refractivity contribution in [1.82, 2.24) is 15.2 Å². The van der Waals surface area contributed by atoms with Gasteiger partial charge >= 0.3 is 0 Å². The van der Waals surface area contributed by atoms with Crippen LogP contribution in [0.4, 0.5) is 5.69 Å². The Balaban J connectivity index is 1.26. The van der Waals surface area contributed by atoms with E-state index in [1.807, 2.05) is 55.1 Å². The molecule has 5 rings (SSSR count). The number of aromatic nitrogens is 1. The standard InChI is InChI=1S/C29H30N4O3/c1-18-12-19(2)14-23(13-18)29(36)33-10-7-21(8-11-33)26-24-15-22(5-6-25(24)32-28(26)35)27(34)31-17-20-4-3-9-30-16-20/h3-6,9,12-16,21,26H,7-8,10-11,17H2,1-2H3,(H,31,34)(H,32,35). The SMILES string of the molecule is Cc1cc(C)cc(C(=O)N2CCC(C3C(=O)Nc4ccc(C(=O)NCc5cccnc5)cc43)CC2)c1. The predicted molar refractivity (Wildman–Crippen MR) is 138 cm³/mol. The minimum atomic E-state index is -0.315.